The number of hydrogen-bond donors (Lipinski definition) is 1. The number of benzene rings is 1. The average molecular weight is 314 g/mol. The van der Waals surface area contributed by atoms with E-state index in [0.717, 1.165) is 4.47 Å². The average Bonchev–Trinajstić information content (AvgIpc) is 2.33. The summed E-state index contributed by atoms with van der Waals surface area (Å²) >= 11 is 3.37. The lowest BCUT2D eigenvalue weighted by atomic mass is 9.88. The van der Waals surface area contributed by atoms with E-state index in [9.17, 15) is 4.79 Å². The quantitative estimate of drug-likeness (QED) is 0.927. The second-order valence-corrected chi connectivity index (χ2v) is 5.69. The minimum atomic E-state index is -0.0773. The highest BCUT2D eigenvalue weighted by Gasteiger charge is 2.33. The van der Waals surface area contributed by atoms with Gasteiger partial charge in [-0.15, -0.1) is 0 Å². The van der Waals surface area contributed by atoms with Gasteiger partial charge in [0.1, 0.15) is 5.75 Å². The van der Waals surface area contributed by atoms with Gasteiger partial charge in [-0.1, -0.05) is 6.92 Å². The fourth-order valence-electron chi connectivity index (χ4n) is 1.76. The molecule has 1 fully saturated rings. The van der Waals surface area contributed by atoms with E-state index < -0.39 is 0 Å². The molecule has 0 bridgehead atoms. The first-order valence-corrected chi connectivity index (χ1v) is 6.53. The molecule has 0 unspecified atom stereocenters. The van der Waals surface area contributed by atoms with Crippen molar-refractivity contribution >= 4 is 21.8 Å². The maximum Gasteiger partial charge on any atom is 0.251 e. The van der Waals surface area contributed by atoms with E-state index in [1.165, 1.54) is 0 Å². The van der Waals surface area contributed by atoms with Crippen LogP contribution in [0.5, 0.6) is 5.75 Å². The summed E-state index contributed by atoms with van der Waals surface area (Å²) in [6, 6.07) is 5.28. The van der Waals surface area contributed by atoms with Gasteiger partial charge in [-0.3, -0.25) is 4.79 Å². The molecule has 1 amide bonds. The maximum atomic E-state index is 12.0. The third-order valence-corrected chi connectivity index (χ3v) is 3.61. The molecule has 18 heavy (non-hydrogen) atoms. The lowest BCUT2D eigenvalue weighted by Crippen LogP contribution is -2.48. The highest BCUT2D eigenvalue weighted by atomic mass is 79.9. The molecular weight excluding hydrogens is 298 g/mol. The van der Waals surface area contributed by atoms with Gasteiger partial charge in [0.15, 0.2) is 0 Å². The number of carbonyl (C=O) groups excluding carboxylic acids is 1. The molecule has 0 radical (unpaired) electrons. The van der Waals surface area contributed by atoms with Crippen molar-refractivity contribution in [1.82, 2.24) is 5.32 Å². The van der Waals surface area contributed by atoms with E-state index in [1.807, 2.05) is 0 Å². The summed E-state index contributed by atoms with van der Waals surface area (Å²) < 4.78 is 11.0. The van der Waals surface area contributed by atoms with Gasteiger partial charge in [-0.05, 0) is 34.1 Å². The van der Waals surface area contributed by atoms with Gasteiger partial charge < -0.3 is 14.8 Å². The molecule has 1 heterocycles. The van der Waals surface area contributed by atoms with Crippen LogP contribution < -0.4 is 10.1 Å². The minimum Gasteiger partial charge on any atom is -0.496 e. The smallest absolute Gasteiger partial charge is 0.251 e. The van der Waals surface area contributed by atoms with Crippen molar-refractivity contribution in [2.24, 2.45) is 5.41 Å². The lowest BCUT2D eigenvalue weighted by molar-refractivity contribution is -0.0978. The first kappa shape index (κ1) is 13.4. The van der Waals surface area contributed by atoms with Gasteiger partial charge in [0, 0.05) is 17.5 Å². The van der Waals surface area contributed by atoms with Crippen LogP contribution in [0.4, 0.5) is 0 Å². The predicted molar refractivity (Wildman–Crippen MR) is 72.0 cm³/mol. The zero-order valence-corrected chi connectivity index (χ0v) is 12.0. The van der Waals surface area contributed by atoms with Crippen LogP contribution in [0.25, 0.3) is 0 Å². The van der Waals surface area contributed by atoms with Gasteiger partial charge in [-0.2, -0.15) is 0 Å². The van der Waals surface area contributed by atoms with Crippen molar-refractivity contribution < 1.29 is 14.3 Å². The Bertz CT molecular complexity index is 458. The van der Waals surface area contributed by atoms with Crippen LogP contribution >= 0.6 is 15.9 Å². The standard InChI is InChI=1S/C13H16BrNO3/c1-13(7-18-8-13)6-15-12(16)9-3-4-11(17-2)10(14)5-9/h3-5H,6-8H2,1-2H3,(H,15,16). The molecule has 0 atom stereocenters. The monoisotopic (exact) mass is 313 g/mol. The Morgan fingerprint density at radius 3 is 2.78 bits per heavy atom. The summed E-state index contributed by atoms with van der Waals surface area (Å²) in [5.41, 5.74) is 0.700. The first-order chi connectivity index (χ1) is 8.54. The number of hydrogen-bond acceptors (Lipinski definition) is 3. The summed E-state index contributed by atoms with van der Waals surface area (Å²) in [4.78, 5) is 12.0. The highest BCUT2D eigenvalue weighted by molar-refractivity contribution is 9.10. The van der Waals surface area contributed by atoms with Crippen molar-refractivity contribution in [2.75, 3.05) is 26.9 Å². The molecule has 98 valence electrons. The zero-order chi connectivity index (χ0) is 13.2. The lowest BCUT2D eigenvalue weighted by Gasteiger charge is -2.38. The van der Waals surface area contributed by atoms with Crippen molar-refractivity contribution in [3.63, 3.8) is 0 Å². The molecular formula is C13H16BrNO3. The second kappa shape index (κ2) is 5.28. The fraction of sp³-hybridized carbons (Fsp3) is 0.462. The number of methoxy groups -OCH3 is 1. The van der Waals surface area contributed by atoms with E-state index in [2.05, 4.69) is 28.2 Å². The van der Waals surface area contributed by atoms with Gasteiger partial charge in [0.2, 0.25) is 0 Å². The van der Waals surface area contributed by atoms with Crippen LogP contribution in [0.3, 0.4) is 0 Å². The SMILES string of the molecule is COc1ccc(C(=O)NCC2(C)COC2)cc1Br. The van der Waals surface area contributed by atoms with Crippen molar-refractivity contribution in [3.8, 4) is 5.75 Å². The molecule has 0 saturated carbocycles. The molecule has 5 heteroatoms. The normalized spacial score (nSPS) is 16.8. The topological polar surface area (TPSA) is 47.6 Å². The van der Waals surface area contributed by atoms with Crippen LogP contribution in [0.1, 0.15) is 17.3 Å². The molecule has 0 aliphatic carbocycles. The molecule has 2 rings (SSSR count). The van der Waals surface area contributed by atoms with Crippen LogP contribution in [0.2, 0.25) is 0 Å². The van der Waals surface area contributed by atoms with Crippen LogP contribution in [0.15, 0.2) is 22.7 Å². The van der Waals surface area contributed by atoms with E-state index >= 15 is 0 Å². The summed E-state index contributed by atoms with van der Waals surface area (Å²) in [5.74, 6) is 0.636. The molecule has 4 nitrogen and oxygen atoms in total. The van der Waals surface area contributed by atoms with E-state index in [4.69, 9.17) is 9.47 Å². The maximum absolute atomic E-state index is 12.0. The van der Waals surface area contributed by atoms with Gasteiger partial charge >= 0.3 is 0 Å². The molecule has 1 aliphatic heterocycles. The molecule has 0 spiro atoms. The number of amides is 1. The second-order valence-electron chi connectivity index (χ2n) is 4.84. The Balaban J connectivity index is 1.98. The molecule has 1 aliphatic rings. The Morgan fingerprint density at radius 1 is 1.56 bits per heavy atom. The number of halogens is 1. The predicted octanol–water partition coefficient (Wildman–Crippen LogP) is 2.22. The largest absolute Gasteiger partial charge is 0.496 e. The number of nitrogens with one attached hydrogen (secondary N) is 1. The summed E-state index contributed by atoms with van der Waals surface area (Å²) in [6.07, 6.45) is 0. The van der Waals surface area contributed by atoms with E-state index in [1.54, 1.807) is 25.3 Å². The van der Waals surface area contributed by atoms with Gasteiger partial charge in [-0.25, -0.2) is 0 Å². The minimum absolute atomic E-state index is 0.0773. The Labute approximate surface area is 115 Å². The molecule has 1 N–H and O–H groups in total. The van der Waals surface area contributed by atoms with E-state index in [0.29, 0.717) is 31.1 Å². The van der Waals surface area contributed by atoms with Crippen molar-refractivity contribution in [1.29, 1.82) is 0 Å². The molecule has 1 aromatic rings. The first-order valence-electron chi connectivity index (χ1n) is 5.74. The number of carbonyl (C=O) groups is 1. The van der Waals surface area contributed by atoms with Gasteiger partial charge in [0.25, 0.3) is 5.91 Å². The summed E-state index contributed by atoms with van der Waals surface area (Å²) in [5, 5.41) is 2.93. The molecule has 1 saturated heterocycles. The Hall–Kier alpha value is -1.07. The summed E-state index contributed by atoms with van der Waals surface area (Å²) in [7, 11) is 1.59. The Morgan fingerprint density at radius 2 is 2.28 bits per heavy atom. The third-order valence-electron chi connectivity index (χ3n) is 2.99. The molecule has 1 aromatic carbocycles. The highest BCUT2D eigenvalue weighted by Crippen LogP contribution is 2.27. The van der Waals surface area contributed by atoms with Crippen molar-refractivity contribution in [3.05, 3.63) is 28.2 Å². The number of ether oxygens (including phenoxy) is 2. The molecule has 0 aromatic heterocycles. The van der Waals surface area contributed by atoms with E-state index in [-0.39, 0.29) is 11.3 Å². The zero-order valence-electron chi connectivity index (χ0n) is 10.5. The number of rotatable bonds is 4. The summed E-state index contributed by atoms with van der Waals surface area (Å²) in [6.45, 7) is 4.15. The van der Waals surface area contributed by atoms with Crippen LogP contribution in [-0.4, -0.2) is 32.8 Å². The van der Waals surface area contributed by atoms with Crippen LogP contribution in [0, 0.1) is 5.41 Å². The Kier molecular flexibility index (Phi) is 3.92. The fourth-order valence-corrected chi connectivity index (χ4v) is 2.30. The van der Waals surface area contributed by atoms with Gasteiger partial charge in [0.05, 0.1) is 24.8 Å². The van der Waals surface area contributed by atoms with Crippen molar-refractivity contribution in [2.45, 2.75) is 6.92 Å². The third kappa shape index (κ3) is 2.84. The van der Waals surface area contributed by atoms with Crippen LogP contribution in [-0.2, 0) is 4.74 Å².